The van der Waals surface area contributed by atoms with Gasteiger partial charge in [-0.25, -0.2) is 8.42 Å². The molecular formula is C25H28N2O5S. The zero-order chi connectivity index (χ0) is 24.0. The van der Waals surface area contributed by atoms with Crippen molar-refractivity contribution >= 4 is 27.3 Å². The number of carbonyl (C=O) groups excluding carboxylic acids is 1. The number of amides is 1. The van der Waals surface area contributed by atoms with E-state index in [9.17, 15) is 13.2 Å². The van der Waals surface area contributed by atoms with E-state index >= 15 is 0 Å². The Morgan fingerprint density at radius 2 is 1.67 bits per heavy atom. The molecular weight excluding hydrogens is 440 g/mol. The third-order valence-electron chi connectivity index (χ3n) is 4.93. The predicted octanol–water partition coefficient (Wildman–Crippen LogP) is 4.54. The first kappa shape index (κ1) is 24.1. The molecule has 8 heteroatoms. The van der Waals surface area contributed by atoms with E-state index in [1.165, 1.54) is 19.2 Å². The van der Waals surface area contributed by atoms with Crippen molar-refractivity contribution in [3.63, 3.8) is 0 Å². The number of ether oxygens (including phenoxy) is 2. The van der Waals surface area contributed by atoms with Crippen molar-refractivity contribution < 1.29 is 22.7 Å². The minimum atomic E-state index is -4.06. The number of anilines is 2. The molecule has 0 bridgehead atoms. The number of hydrogen-bond acceptors (Lipinski definition) is 5. The molecule has 3 aromatic rings. The van der Waals surface area contributed by atoms with Gasteiger partial charge in [-0.1, -0.05) is 29.8 Å². The first-order valence-electron chi connectivity index (χ1n) is 10.5. The van der Waals surface area contributed by atoms with Crippen molar-refractivity contribution in [3.05, 3.63) is 77.9 Å². The summed E-state index contributed by atoms with van der Waals surface area (Å²) in [4.78, 5) is 13.1. The Balaban J connectivity index is 1.99. The van der Waals surface area contributed by atoms with Crippen LogP contribution < -0.4 is 19.1 Å². The summed E-state index contributed by atoms with van der Waals surface area (Å²) in [6, 6.07) is 18.6. The van der Waals surface area contributed by atoms with Gasteiger partial charge in [-0.3, -0.25) is 9.10 Å². The summed E-state index contributed by atoms with van der Waals surface area (Å²) in [7, 11) is -2.59. The van der Waals surface area contributed by atoms with Gasteiger partial charge >= 0.3 is 0 Å². The van der Waals surface area contributed by atoms with Crippen molar-refractivity contribution in [1.29, 1.82) is 0 Å². The molecule has 174 valence electrons. The van der Waals surface area contributed by atoms with E-state index in [-0.39, 0.29) is 10.6 Å². The number of sulfonamides is 1. The topological polar surface area (TPSA) is 84.9 Å². The van der Waals surface area contributed by atoms with Crippen LogP contribution in [-0.2, 0) is 14.8 Å². The molecule has 7 nitrogen and oxygen atoms in total. The Morgan fingerprint density at radius 1 is 0.970 bits per heavy atom. The van der Waals surface area contributed by atoms with Crippen LogP contribution in [0.4, 0.5) is 11.4 Å². The van der Waals surface area contributed by atoms with E-state index < -0.39 is 22.5 Å². The van der Waals surface area contributed by atoms with Crippen molar-refractivity contribution in [2.75, 3.05) is 29.9 Å². The highest BCUT2D eigenvalue weighted by molar-refractivity contribution is 7.92. The van der Waals surface area contributed by atoms with Gasteiger partial charge in [0.25, 0.3) is 10.0 Å². The average molecular weight is 469 g/mol. The lowest BCUT2D eigenvalue weighted by Crippen LogP contribution is -2.38. The summed E-state index contributed by atoms with van der Waals surface area (Å²) in [6.07, 6.45) is 0. The summed E-state index contributed by atoms with van der Waals surface area (Å²) in [5, 5.41) is 2.76. The summed E-state index contributed by atoms with van der Waals surface area (Å²) in [5.41, 5.74) is 2.56. The Hall–Kier alpha value is -3.52. The molecule has 0 atom stereocenters. The molecule has 0 saturated carbocycles. The monoisotopic (exact) mass is 468 g/mol. The average Bonchev–Trinajstić information content (AvgIpc) is 2.78. The van der Waals surface area contributed by atoms with Crippen LogP contribution in [0, 0.1) is 13.8 Å². The maximum atomic E-state index is 13.6. The van der Waals surface area contributed by atoms with Gasteiger partial charge in [0.15, 0.2) is 0 Å². The van der Waals surface area contributed by atoms with E-state index in [4.69, 9.17) is 9.47 Å². The second-order valence-corrected chi connectivity index (χ2v) is 9.37. The molecule has 1 N–H and O–H groups in total. The largest absolute Gasteiger partial charge is 0.495 e. The molecule has 0 aliphatic heterocycles. The molecule has 3 rings (SSSR count). The van der Waals surface area contributed by atoms with E-state index in [0.29, 0.717) is 23.8 Å². The number of benzene rings is 3. The molecule has 3 aromatic carbocycles. The SMILES string of the molecule is CCOc1cccc(NC(=O)CN(c2cc(C)ccc2OC)S(=O)(=O)c2ccc(C)cc2)c1. The molecule has 33 heavy (non-hydrogen) atoms. The van der Waals surface area contributed by atoms with Crippen LogP contribution in [0.1, 0.15) is 18.1 Å². The first-order valence-corrected chi connectivity index (χ1v) is 12.0. The summed E-state index contributed by atoms with van der Waals surface area (Å²) in [5.74, 6) is 0.463. The second-order valence-electron chi connectivity index (χ2n) is 7.51. The van der Waals surface area contributed by atoms with Crippen LogP contribution in [0.25, 0.3) is 0 Å². The molecule has 0 aliphatic rings. The highest BCUT2D eigenvalue weighted by atomic mass is 32.2. The number of methoxy groups -OCH3 is 1. The van der Waals surface area contributed by atoms with Crippen LogP contribution in [0.3, 0.4) is 0 Å². The number of carbonyl (C=O) groups is 1. The fraction of sp³-hybridized carbons (Fsp3) is 0.240. The van der Waals surface area contributed by atoms with Gasteiger partial charge in [0.2, 0.25) is 5.91 Å². The fourth-order valence-electron chi connectivity index (χ4n) is 3.29. The zero-order valence-corrected chi connectivity index (χ0v) is 20.0. The fourth-order valence-corrected chi connectivity index (χ4v) is 4.72. The smallest absolute Gasteiger partial charge is 0.264 e. The minimum Gasteiger partial charge on any atom is -0.495 e. The van der Waals surface area contributed by atoms with Gasteiger partial charge in [-0.05, 0) is 62.7 Å². The summed E-state index contributed by atoms with van der Waals surface area (Å²) >= 11 is 0. The quantitative estimate of drug-likeness (QED) is 0.498. The molecule has 0 spiro atoms. The van der Waals surface area contributed by atoms with Crippen molar-refractivity contribution in [3.8, 4) is 11.5 Å². The lowest BCUT2D eigenvalue weighted by molar-refractivity contribution is -0.114. The van der Waals surface area contributed by atoms with Crippen LogP contribution in [0.2, 0.25) is 0 Å². The lowest BCUT2D eigenvalue weighted by atomic mass is 10.2. The first-order chi connectivity index (χ1) is 15.7. The third-order valence-corrected chi connectivity index (χ3v) is 6.70. The number of nitrogens with one attached hydrogen (secondary N) is 1. The van der Waals surface area contributed by atoms with E-state index in [2.05, 4.69) is 5.32 Å². The third kappa shape index (κ3) is 5.84. The van der Waals surface area contributed by atoms with Crippen molar-refractivity contribution in [2.24, 2.45) is 0 Å². The summed E-state index contributed by atoms with van der Waals surface area (Å²) in [6.45, 7) is 5.65. The summed E-state index contributed by atoms with van der Waals surface area (Å²) < 4.78 is 39.2. The molecule has 0 saturated heterocycles. The number of aryl methyl sites for hydroxylation is 2. The highest BCUT2D eigenvalue weighted by Gasteiger charge is 2.29. The van der Waals surface area contributed by atoms with E-state index in [1.807, 2.05) is 26.8 Å². The molecule has 0 aromatic heterocycles. The number of hydrogen-bond donors (Lipinski definition) is 1. The molecule has 0 aliphatic carbocycles. The molecule has 0 heterocycles. The maximum Gasteiger partial charge on any atom is 0.264 e. The van der Waals surface area contributed by atoms with Crippen LogP contribution in [0.5, 0.6) is 11.5 Å². The Kier molecular flexibility index (Phi) is 7.60. The van der Waals surface area contributed by atoms with Gasteiger partial charge in [-0.2, -0.15) is 0 Å². The normalized spacial score (nSPS) is 11.0. The lowest BCUT2D eigenvalue weighted by Gasteiger charge is -2.26. The van der Waals surface area contributed by atoms with Crippen LogP contribution >= 0.6 is 0 Å². The number of nitrogens with zero attached hydrogens (tertiary/aromatic N) is 1. The predicted molar refractivity (Wildman–Crippen MR) is 130 cm³/mol. The van der Waals surface area contributed by atoms with Gasteiger partial charge in [0.05, 0.1) is 24.3 Å². The highest BCUT2D eigenvalue weighted by Crippen LogP contribution is 2.33. The van der Waals surface area contributed by atoms with Gasteiger partial charge < -0.3 is 14.8 Å². The maximum absolute atomic E-state index is 13.6. The Bertz CT molecular complexity index is 1220. The van der Waals surface area contributed by atoms with E-state index in [0.717, 1.165) is 15.4 Å². The Labute approximate surface area is 195 Å². The number of rotatable bonds is 9. The van der Waals surface area contributed by atoms with Crippen LogP contribution in [-0.4, -0.2) is 34.6 Å². The minimum absolute atomic E-state index is 0.0859. The second kappa shape index (κ2) is 10.4. The van der Waals surface area contributed by atoms with Crippen molar-refractivity contribution in [2.45, 2.75) is 25.7 Å². The standard InChI is InChI=1S/C25H28N2O5S/c1-5-32-21-8-6-7-20(16-21)26-25(28)17-27(23-15-19(3)11-14-24(23)31-4)33(29,30)22-12-9-18(2)10-13-22/h6-16H,5,17H2,1-4H3,(H,26,28). The van der Waals surface area contributed by atoms with Gasteiger partial charge in [0.1, 0.15) is 18.0 Å². The molecule has 0 fully saturated rings. The molecule has 1 amide bonds. The van der Waals surface area contributed by atoms with Crippen LogP contribution in [0.15, 0.2) is 71.6 Å². The zero-order valence-electron chi connectivity index (χ0n) is 19.2. The van der Waals surface area contributed by atoms with Gasteiger partial charge in [0, 0.05) is 11.8 Å². The van der Waals surface area contributed by atoms with Gasteiger partial charge in [-0.15, -0.1) is 0 Å². The molecule has 0 radical (unpaired) electrons. The van der Waals surface area contributed by atoms with Crippen molar-refractivity contribution in [1.82, 2.24) is 0 Å². The Morgan fingerprint density at radius 3 is 2.33 bits per heavy atom. The molecule has 0 unspecified atom stereocenters. The van der Waals surface area contributed by atoms with E-state index in [1.54, 1.807) is 48.5 Å².